The van der Waals surface area contributed by atoms with E-state index in [2.05, 4.69) is 14.9 Å². The van der Waals surface area contributed by atoms with E-state index in [4.69, 9.17) is 5.73 Å². The molecule has 17 heavy (non-hydrogen) atoms. The van der Waals surface area contributed by atoms with Gasteiger partial charge < -0.3 is 5.73 Å². The van der Waals surface area contributed by atoms with E-state index in [-0.39, 0.29) is 0 Å². The second-order valence-corrected chi connectivity index (χ2v) is 5.17. The molecule has 4 nitrogen and oxygen atoms in total. The van der Waals surface area contributed by atoms with Crippen LogP contribution in [0, 0.1) is 0 Å². The molecule has 2 aliphatic rings. The van der Waals surface area contributed by atoms with E-state index in [1.807, 2.05) is 6.07 Å². The molecule has 0 amide bonds. The van der Waals surface area contributed by atoms with Gasteiger partial charge in [-0.2, -0.15) is 0 Å². The number of nitrogens with two attached hydrogens (primary N) is 1. The Morgan fingerprint density at radius 3 is 2.76 bits per heavy atom. The fraction of sp³-hybridized carbons (Fsp3) is 0.692. The summed E-state index contributed by atoms with van der Waals surface area (Å²) in [7, 11) is 0. The second kappa shape index (κ2) is 4.61. The molecule has 1 saturated carbocycles. The highest BCUT2D eigenvalue weighted by atomic mass is 15.2. The predicted molar refractivity (Wildman–Crippen MR) is 67.4 cm³/mol. The van der Waals surface area contributed by atoms with E-state index in [1.54, 1.807) is 6.20 Å². The number of anilines is 1. The minimum Gasteiger partial charge on any atom is -0.368 e. The number of likely N-dealkylation sites (tertiary alicyclic amines) is 1. The van der Waals surface area contributed by atoms with Crippen LogP contribution in [-0.4, -0.2) is 27.5 Å². The van der Waals surface area contributed by atoms with E-state index < -0.39 is 0 Å². The Morgan fingerprint density at radius 1 is 1.18 bits per heavy atom. The molecule has 2 heterocycles. The van der Waals surface area contributed by atoms with Gasteiger partial charge in [0, 0.05) is 12.2 Å². The lowest BCUT2D eigenvalue weighted by Gasteiger charge is -2.30. The topological polar surface area (TPSA) is 55.0 Å². The zero-order valence-electron chi connectivity index (χ0n) is 10.2. The quantitative estimate of drug-likeness (QED) is 0.848. The van der Waals surface area contributed by atoms with Gasteiger partial charge in [0.15, 0.2) is 0 Å². The summed E-state index contributed by atoms with van der Waals surface area (Å²) in [5.41, 5.74) is 6.80. The van der Waals surface area contributed by atoms with Gasteiger partial charge in [-0.3, -0.25) is 4.90 Å². The monoisotopic (exact) mass is 232 g/mol. The Labute approximate surface area is 102 Å². The molecule has 0 unspecified atom stereocenters. The number of nitrogens with zero attached hydrogens (tertiary/aromatic N) is 3. The van der Waals surface area contributed by atoms with Crippen LogP contribution in [0.3, 0.4) is 0 Å². The highest BCUT2D eigenvalue weighted by Crippen LogP contribution is 2.37. The number of hydrogen-bond acceptors (Lipinski definition) is 4. The molecule has 1 aliphatic carbocycles. The summed E-state index contributed by atoms with van der Waals surface area (Å²) in [6.07, 6.45) is 9.77. The lowest BCUT2D eigenvalue weighted by Crippen LogP contribution is -2.33. The standard InChI is InChI=1S/C13H20N4/c14-13-15-8-7-11(16-13)12-6-3-9-17(12)10-4-1-2-5-10/h7-8,10,12H,1-6,9H2,(H2,14,15,16)/t12-/m0/s1. The molecule has 1 atom stereocenters. The molecule has 1 aliphatic heterocycles. The summed E-state index contributed by atoms with van der Waals surface area (Å²) < 4.78 is 0. The van der Waals surface area contributed by atoms with Crippen molar-refractivity contribution in [3.63, 3.8) is 0 Å². The highest BCUT2D eigenvalue weighted by Gasteiger charge is 2.33. The van der Waals surface area contributed by atoms with E-state index >= 15 is 0 Å². The zero-order chi connectivity index (χ0) is 11.7. The molecular weight excluding hydrogens is 212 g/mol. The van der Waals surface area contributed by atoms with E-state index in [1.165, 1.54) is 45.1 Å². The Morgan fingerprint density at radius 2 is 2.00 bits per heavy atom. The molecule has 0 radical (unpaired) electrons. The highest BCUT2D eigenvalue weighted by molar-refractivity contribution is 5.20. The van der Waals surface area contributed by atoms with Gasteiger partial charge in [0.1, 0.15) is 0 Å². The SMILES string of the molecule is Nc1nccc([C@@H]2CCCN2C2CCCC2)n1. The molecular formula is C13H20N4. The van der Waals surface area contributed by atoms with Crippen LogP contribution in [0.15, 0.2) is 12.3 Å². The van der Waals surface area contributed by atoms with Crippen molar-refractivity contribution in [1.29, 1.82) is 0 Å². The second-order valence-electron chi connectivity index (χ2n) is 5.17. The Balaban J connectivity index is 1.81. The van der Waals surface area contributed by atoms with Crippen LogP contribution in [-0.2, 0) is 0 Å². The van der Waals surface area contributed by atoms with Gasteiger partial charge in [-0.25, -0.2) is 9.97 Å². The maximum atomic E-state index is 5.68. The first kappa shape index (κ1) is 11.0. The molecule has 2 fully saturated rings. The third-order valence-corrected chi connectivity index (χ3v) is 4.13. The predicted octanol–water partition coefficient (Wildman–Crippen LogP) is 2.14. The number of hydrogen-bond donors (Lipinski definition) is 1. The maximum absolute atomic E-state index is 5.68. The van der Waals surface area contributed by atoms with Crippen molar-refractivity contribution in [2.24, 2.45) is 0 Å². The van der Waals surface area contributed by atoms with Gasteiger partial charge in [-0.05, 0) is 38.3 Å². The first-order valence-electron chi connectivity index (χ1n) is 6.69. The Bertz CT molecular complexity index is 387. The van der Waals surface area contributed by atoms with Crippen LogP contribution in [0.4, 0.5) is 5.95 Å². The van der Waals surface area contributed by atoms with Gasteiger partial charge in [0.25, 0.3) is 0 Å². The minimum atomic E-state index is 0.403. The first-order valence-corrected chi connectivity index (χ1v) is 6.69. The zero-order valence-corrected chi connectivity index (χ0v) is 10.2. The average molecular weight is 232 g/mol. The molecule has 1 aromatic rings. The molecule has 0 bridgehead atoms. The van der Waals surface area contributed by atoms with Gasteiger partial charge >= 0.3 is 0 Å². The molecule has 1 saturated heterocycles. The van der Waals surface area contributed by atoms with Crippen LogP contribution >= 0.6 is 0 Å². The maximum Gasteiger partial charge on any atom is 0.220 e. The lowest BCUT2D eigenvalue weighted by molar-refractivity contribution is 0.180. The van der Waals surface area contributed by atoms with Crippen molar-refractivity contribution < 1.29 is 0 Å². The van der Waals surface area contributed by atoms with Gasteiger partial charge in [0.05, 0.1) is 11.7 Å². The molecule has 1 aromatic heterocycles. The van der Waals surface area contributed by atoms with Crippen molar-refractivity contribution in [3.05, 3.63) is 18.0 Å². The largest absolute Gasteiger partial charge is 0.368 e. The normalized spacial score (nSPS) is 26.7. The smallest absolute Gasteiger partial charge is 0.220 e. The summed E-state index contributed by atoms with van der Waals surface area (Å²) in [4.78, 5) is 11.0. The van der Waals surface area contributed by atoms with Crippen LogP contribution in [0.5, 0.6) is 0 Å². The lowest BCUT2D eigenvalue weighted by atomic mass is 10.1. The summed E-state index contributed by atoms with van der Waals surface area (Å²) in [6, 6.07) is 3.27. The van der Waals surface area contributed by atoms with E-state index in [9.17, 15) is 0 Å². The first-order chi connectivity index (χ1) is 8.34. The number of aromatic nitrogens is 2. The molecule has 0 spiro atoms. The molecule has 3 rings (SSSR count). The van der Waals surface area contributed by atoms with Crippen molar-refractivity contribution in [2.75, 3.05) is 12.3 Å². The number of nitrogen functional groups attached to an aromatic ring is 1. The summed E-state index contributed by atoms with van der Waals surface area (Å²) in [5, 5.41) is 0. The van der Waals surface area contributed by atoms with Gasteiger partial charge in [-0.15, -0.1) is 0 Å². The Hall–Kier alpha value is -1.16. The minimum absolute atomic E-state index is 0.403. The third-order valence-electron chi connectivity index (χ3n) is 4.13. The van der Waals surface area contributed by atoms with Gasteiger partial charge in [-0.1, -0.05) is 12.8 Å². The Kier molecular flexibility index (Phi) is 2.97. The van der Waals surface area contributed by atoms with Crippen molar-refractivity contribution >= 4 is 5.95 Å². The molecule has 92 valence electrons. The fourth-order valence-electron chi connectivity index (χ4n) is 3.35. The summed E-state index contributed by atoms with van der Waals surface area (Å²) >= 11 is 0. The molecule has 0 aromatic carbocycles. The molecule has 2 N–H and O–H groups in total. The van der Waals surface area contributed by atoms with Crippen LogP contribution < -0.4 is 5.73 Å². The molecule has 4 heteroatoms. The van der Waals surface area contributed by atoms with Crippen molar-refractivity contribution in [3.8, 4) is 0 Å². The van der Waals surface area contributed by atoms with Crippen LogP contribution in [0.2, 0.25) is 0 Å². The summed E-state index contributed by atoms with van der Waals surface area (Å²) in [6.45, 7) is 1.22. The fourth-order valence-corrected chi connectivity index (χ4v) is 3.35. The third kappa shape index (κ3) is 2.14. The van der Waals surface area contributed by atoms with Crippen molar-refractivity contribution in [1.82, 2.24) is 14.9 Å². The van der Waals surface area contributed by atoms with Gasteiger partial charge in [0.2, 0.25) is 5.95 Å². The van der Waals surface area contributed by atoms with E-state index in [0.29, 0.717) is 12.0 Å². The number of rotatable bonds is 2. The van der Waals surface area contributed by atoms with Crippen molar-refractivity contribution in [2.45, 2.75) is 50.6 Å². The van der Waals surface area contributed by atoms with E-state index in [0.717, 1.165) is 11.7 Å². The van der Waals surface area contributed by atoms with Crippen LogP contribution in [0.1, 0.15) is 50.3 Å². The summed E-state index contributed by atoms with van der Waals surface area (Å²) in [5.74, 6) is 0.403. The van der Waals surface area contributed by atoms with Crippen LogP contribution in [0.25, 0.3) is 0 Å². The average Bonchev–Trinajstić information content (AvgIpc) is 3.00.